The second-order valence-corrected chi connectivity index (χ2v) is 4.81. The Balaban J connectivity index is 1.91. The zero-order valence-electron chi connectivity index (χ0n) is 10.6. The molecule has 0 spiro atoms. The van der Waals surface area contributed by atoms with Crippen molar-refractivity contribution < 1.29 is 13.9 Å². The van der Waals surface area contributed by atoms with Gasteiger partial charge in [0.15, 0.2) is 0 Å². The van der Waals surface area contributed by atoms with E-state index in [0.29, 0.717) is 17.1 Å². The normalized spacial score (nSPS) is 12.4. The number of halogens is 3. The predicted octanol–water partition coefficient (Wildman–Crippen LogP) is 3.44. The molecule has 0 heterocycles. The highest BCUT2D eigenvalue weighted by molar-refractivity contribution is 6.31. The van der Waals surface area contributed by atoms with Crippen LogP contribution in [0.3, 0.4) is 0 Å². The van der Waals surface area contributed by atoms with E-state index < -0.39 is 17.7 Å². The van der Waals surface area contributed by atoms with Crippen LogP contribution in [-0.2, 0) is 6.54 Å². The van der Waals surface area contributed by atoms with E-state index in [1.807, 2.05) is 0 Å². The highest BCUT2D eigenvalue weighted by Gasteiger charge is 2.11. The molecular formula is C15H14ClF2NO. The molecule has 2 aromatic rings. The standard InChI is InChI=1S/C15H14ClF2NO/c16-13-7-11(17)6-5-10(13)8-19-9-15(20)12-3-1-2-4-14(12)18/h1-7,15,19-20H,8-9H2. The van der Waals surface area contributed by atoms with Crippen LogP contribution in [0.25, 0.3) is 0 Å². The molecule has 1 atom stereocenters. The second-order valence-electron chi connectivity index (χ2n) is 4.40. The van der Waals surface area contributed by atoms with E-state index in [1.54, 1.807) is 18.2 Å². The molecule has 0 bridgehead atoms. The molecule has 0 aliphatic rings. The van der Waals surface area contributed by atoms with Crippen LogP contribution in [0.15, 0.2) is 42.5 Å². The Morgan fingerprint density at radius 3 is 2.60 bits per heavy atom. The molecule has 2 rings (SSSR count). The zero-order valence-corrected chi connectivity index (χ0v) is 11.4. The SMILES string of the molecule is OC(CNCc1ccc(F)cc1Cl)c1ccccc1F. The maximum Gasteiger partial charge on any atom is 0.129 e. The average molecular weight is 298 g/mol. The van der Waals surface area contributed by atoms with Crippen LogP contribution in [-0.4, -0.2) is 11.7 Å². The monoisotopic (exact) mass is 297 g/mol. The summed E-state index contributed by atoms with van der Waals surface area (Å²) in [6.45, 7) is 0.541. The fraction of sp³-hybridized carbons (Fsp3) is 0.200. The lowest BCUT2D eigenvalue weighted by Crippen LogP contribution is -2.21. The molecule has 2 N–H and O–H groups in total. The Bertz CT molecular complexity index is 592. The van der Waals surface area contributed by atoms with Crippen molar-refractivity contribution in [2.24, 2.45) is 0 Å². The van der Waals surface area contributed by atoms with E-state index in [1.165, 1.54) is 24.3 Å². The number of aliphatic hydroxyl groups is 1. The molecule has 106 valence electrons. The fourth-order valence-corrected chi connectivity index (χ4v) is 2.10. The van der Waals surface area contributed by atoms with Crippen LogP contribution in [0.4, 0.5) is 8.78 Å². The smallest absolute Gasteiger partial charge is 0.129 e. The molecule has 0 saturated heterocycles. The quantitative estimate of drug-likeness (QED) is 0.886. The zero-order chi connectivity index (χ0) is 14.5. The lowest BCUT2D eigenvalue weighted by Gasteiger charge is -2.13. The third-order valence-electron chi connectivity index (χ3n) is 2.93. The van der Waals surface area contributed by atoms with Gasteiger partial charge in [-0.15, -0.1) is 0 Å². The predicted molar refractivity (Wildman–Crippen MR) is 74.5 cm³/mol. The van der Waals surface area contributed by atoms with Crippen LogP contribution in [0.1, 0.15) is 17.2 Å². The summed E-state index contributed by atoms with van der Waals surface area (Å²) in [7, 11) is 0. The van der Waals surface area contributed by atoms with Gasteiger partial charge in [0.1, 0.15) is 11.6 Å². The fourth-order valence-electron chi connectivity index (χ4n) is 1.86. The van der Waals surface area contributed by atoms with Gasteiger partial charge in [-0.1, -0.05) is 35.9 Å². The lowest BCUT2D eigenvalue weighted by molar-refractivity contribution is 0.169. The van der Waals surface area contributed by atoms with E-state index in [4.69, 9.17) is 11.6 Å². The van der Waals surface area contributed by atoms with Gasteiger partial charge in [-0.05, 0) is 23.8 Å². The van der Waals surface area contributed by atoms with Crippen molar-refractivity contribution in [2.75, 3.05) is 6.54 Å². The summed E-state index contributed by atoms with van der Waals surface area (Å²) >= 11 is 5.88. The summed E-state index contributed by atoms with van der Waals surface area (Å²) in [5.41, 5.74) is 0.957. The number of rotatable bonds is 5. The Kier molecular flexibility index (Phi) is 5.06. The van der Waals surface area contributed by atoms with Crippen LogP contribution in [0.2, 0.25) is 5.02 Å². The molecule has 0 radical (unpaired) electrons. The highest BCUT2D eigenvalue weighted by atomic mass is 35.5. The first-order valence-corrected chi connectivity index (χ1v) is 6.53. The first-order chi connectivity index (χ1) is 9.58. The van der Waals surface area contributed by atoms with Gasteiger partial charge in [0.05, 0.1) is 6.10 Å². The average Bonchev–Trinajstić information content (AvgIpc) is 2.41. The van der Waals surface area contributed by atoms with Crippen LogP contribution in [0, 0.1) is 11.6 Å². The Morgan fingerprint density at radius 1 is 1.15 bits per heavy atom. The summed E-state index contributed by atoms with van der Waals surface area (Å²) in [4.78, 5) is 0. The van der Waals surface area contributed by atoms with Gasteiger partial charge in [0.2, 0.25) is 0 Å². The molecule has 2 aromatic carbocycles. The van der Waals surface area contributed by atoms with Crippen molar-refractivity contribution in [1.82, 2.24) is 5.32 Å². The van der Waals surface area contributed by atoms with E-state index in [0.717, 1.165) is 0 Å². The number of nitrogens with one attached hydrogen (secondary N) is 1. The molecule has 0 aliphatic carbocycles. The van der Waals surface area contributed by atoms with Crippen molar-refractivity contribution in [1.29, 1.82) is 0 Å². The van der Waals surface area contributed by atoms with E-state index in [-0.39, 0.29) is 12.1 Å². The van der Waals surface area contributed by atoms with E-state index in [9.17, 15) is 13.9 Å². The molecule has 20 heavy (non-hydrogen) atoms. The minimum atomic E-state index is -0.949. The van der Waals surface area contributed by atoms with Gasteiger partial charge in [-0.2, -0.15) is 0 Å². The first kappa shape index (κ1) is 14.9. The van der Waals surface area contributed by atoms with Gasteiger partial charge in [-0.3, -0.25) is 0 Å². The highest BCUT2D eigenvalue weighted by Crippen LogP contribution is 2.18. The van der Waals surface area contributed by atoms with Gasteiger partial charge >= 0.3 is 0 Å². The lowest BCUT2D eigenvalue weighted by atomic mass is 10.1. The second kappa shape index (κ2) is 6.79. The third kappa shape index (κ3) is 3.76. The molecule has 0 saturated carbocycles. The van der Waals surface area contributed by atoms with Gasteiger partial charge in [-0.25, -0.2) is 8.78 Å². The van der Waals surface area contributed by atoms with E-state index >= 15 is 0 Å². The molecule has 5 heteroatoms. The first-order valence-electron chi connectivity index (χ1n) is 6.15. The molecule has 1 unspecified atom stereocenters. The minimum Gasteiger partial charge on any atom is -0.387 e. The van der Waals surface area contributed by atoms with Gasteiger partial charge in [0.25, 0.3) is 0 Å². The number of hydrogen-bond acceptors (Lipinski definition) is 2. The third-order valence-corrected chi connectivity index (χ3v) is 3.28. The topological polar surface area (TPSA) is 32.3 Å². The summed E-state index contributed by atoms with van der Waals surface area (Å²) < 4.78 is 26.3. The van der Waals surface area contributed by atoms with Crippen molar-refractivity contribution in [2.45, 2.75) is 12.6 Å². The molecule has 0 aliphatic heterocycles. The van der Waals surface area contributed by atoms with E-state index in [2.05, 4.69) is 5.32 Å². The minimum absolute atomic E-state index is 0.175. The van der Waals surface area contributed by atoms with Crippen LogP contribution in [0.5, 0.6) is 0 Å². The molecule has 0 fully saturated rings. The largest absolute Gasteiger partial charge is 0.387 e. The van der Waals surface area contributed by atoms with Gasteiger partial charge < -0.3 is 10.4 Å². The van der Waals surface area contributed by atoms with Crippen molar-refractivity contribution in [3.8, 4) is 0 Å². The Hall–Kier alpha value is -1.49. The van der Waals surface area contributed by atoms with Crippen LogP contribution < -0.4 is 5.32 Å². The summed E-state index contributed by atoms with van der Waals surface area (Å²) in [5.74, 6) is -0.841. The maximum absolute atomic E-state index is 13.4. The molecular weight excluding hydrogens is 284 g/mol. The summed E-state index contributed by atoms with van der Waals surface area (Å²) in [6.07, 6.45) is -0.949. The Morgan fingerprint density at radius 2 is 1.90 bits per heavy atom. The molecule has 2 nitrogen and oxygen atoms in total. The maximum atomic E-state index is 13.4. The van der Waals surface area contributed by atoms with Gasteiger partial charge in [0, 0.05) is 23.7 Å². The summed E-state index contributed by atoms with van der Waals surface area (Å²) in [6, 6.07) is 10.2. The van der Waals surface area contributed by atoms with Crippen molar-refractivity contribution in [3.63, 3.8) is 0 Å². The molecule has 0 amide bonds. The number of benzene rings is 2. The summed E-state index contributed by atoms with van der Waals surface area (Å²) in [5, 5.41) is 13.2. The van der Waals surface area contributed by atoms with Crippen molar-refractivity contribution >= 4 is 11.6 Å². The Labute approximate surface area is 121 Å². The number of aliphatic hydroxyl groups excluding tert-OH is 1. The van der Waals surface area contributed by atoms with Crippen molar-refractivity contribution in [3.05, 3.63) is 70.2 Å². The molecule has 0 aromatic heterocycles. The van der Waals surface area contributed by atoms with Crippen LogP contribution >= 0.6 is 11.6 Å². The number of hydrogen-bond donors (Lipinski definition) is 2.